The second-order valence-corrected chi connectivity index (χ2v) is 8.25. The van der Waals surface area contributed by atoms with Crippen LogP contribution in [0.5, 0.6) is 0 Å². The van der Waals surface area contributed by atoms with E-state index >= 15 is 0 Å². The van der Waals surface area contributed by atoms with Crippen molar-refractivity contribution in [2.24, 2.45) is 0 Å². The maximum atomic E-state index is 11.5. The fourth-order valence-electron chi connectivity index (χ4n) is 2.70. The Balaban J connectivity index is 0.00000529. The number of aryl methyl sites for hydroxylation is 1. The standard InChI is InChI=1S/C18H30ClNO2S.Na.H/c1-2-3-4-5-6-7-8-9-10-11-12-17-13-15-18(16-14-17)23(21,22)20-19;;/h13-16,20H,2-12H2,1H3;;. The Labute approximate surface area is 175 Å². The maximum absolute atomic E-state index is 11.5. The third-order valence-corrected chi connectivity index (χ3v) is 5.86. The van der Waals surface area contributed by atoms with Crippen molar-refractivity contribution in [3.05, 3.63) is 29.8 Å². The molecule has 1 aromatic rings. The predicted octanol–water partition coefficient (Wildman–Crippen LogP) is 4.93. The number of hydrogen-bond acceptors (Lipinski definition) is 2. The minimum atomic E-state index is -3.54. The molecule has 1 rings (SSSR count). The van der Waals surface area contributed by atoms with E-state index in [1.165, 1.54) is 63.4 Å². The van der Waals surface area contributed by atoms with Crippen LogP contribution in [0.15, 0.2) is 29.2 Å². The number of hydrogen-bond donors (Lipinski definition) is 1. The van der Waals surface area contributed by atoms with Gasteiger partial charge in [0.15, 0.2) is 0 Å². The Hall–Kier alpha value is 0.420. The molecule has 0 amide bonds. The van der Waals surface area contributed by atoms with E-state index in [-0.39, 0.29) is 34.5 Å². The van der Waals surface area contributed by atoms with Crippen molar-refractivity contribution in [2.45, 2.75) is 82.4 Å². The van der Waals surface area contributed by atoms with E-state index in [2.05, 4.69) is 6.92 Å². The van der Waals surface area contributed by atoms with Crippen LogP contribution in [-0.4, -0.2) is 38.0 Å². The van der Waals surface area contributed by atoms with E-state index in [4.69, 9.17) is 11.8 Å². The van der Waals surface area contributed by atoms with Crippen LogP contribution < -0.4 is 4.24 Å². The Morgan fingerprint density at radius 2 is 1.29 bits per heavy atom. The van der Waals surface area contributed by atoms with E-state index in [0.29, 0.717) is 0 Å². The van der Waals surface area contributed by atoms with Crippen molar-refractivity contribution in [1.82, 2.24) is 4.24 Å². The molecule has 0 aliphatic carbocycles. The first kappa shape index (κ1) is 24.4. The number of unbranched alkanes of at least 4 members (excludes halogenated alkanes) is 9. The Morgan fingerprint density at radius 3 is 1.75 bits per heavy atom. The SMILES string of the molecule is CCCCCCCCCCCCc1ccc(S(=O)(=O)NCl)cc1.[NaH]. The van der Waals surface area contributed by atoms with Crippen molar-refractivity contribution in [1.29, 1.82) is 0 Å². The van der Waals surface area contributed by atoms with Gasteiger partial charge in [0.2, 0.25) is 0 Å². The zero-order valence-corrected chi connectivity index (χ0v) is 15.8. The van der Waals surface area contributed by atoms with Crippen LogP contribution >= 0.6 is 11.8 Å². The molecule has 0 saturated carbocycles. The fraction of sp³-hybridized carbons (Fsp3) is 0.667. The molecule has 0 heterocycles. The van der Waals surface area contributed by atoms with Crippen LogP contribution in [0.4, 0.5) is 0 Å². The van der Waals surface area contributed by atoms with Crippen molar-refractivity contribution < 1.29 is 8.42 Å². The van der Waals surface area contributed by atoms with Crippen molar-refractivity contribution in [3.63, 3.8) is 0 Å². The molecule has 1 N–H and O–H groups in total. The van der Waals surface area contributed by atoms with Gasteiger partial charge in [-0.2, -0.15) is 0 Å². The first-order chi connectivity index (χ1) is 11.1. The summed E-state index contributed by atoms with van der Waals surface area (Å²) in [5.74, 6) is 0. The fourth-order valence-corrected chi connectivity index (χ4v) is 3.55. The second kappa shape index (κ2) is 14.6. The summed E-state index contributed by atoms with van der Waals surface area (Å²) in [5.41, 5.74) is 1.18. The van der Waals surface area contributed by atoms with Gasteiger partial charge in [-0.1, -0.05) is 76.8 Å². The molecule has 3 nitrogen and oxygen atoms in total. The van der Waals surface area contributed by atoms with Crippen molar-refractivity contribution in [3.8, 4) is 0 Å². The number of rotatable bonds is 13. The third-order valence-electron chi connectivity index (χ3n) is 4.15. The molecule has 0 atom stereocenters. The summed E-state index contributed by atoms with van der Waals surface area (Å²) in [7, 11) is -3.54. The summed E-state index contributed by atoms with van der Waals surface area (Å²) in [6.07, 6.45) is 14.3. The van der Waals surface area contributed by atoms with Crippen LogP contribution in [0.2, 0.25) is 0 Å². The van der Waals surface area contributed by atoms with Gasteiger partial charge in [0.05, 0.1) is 4.90 Å². The topological polar surface area (TPSA) is 46.2 Å². The van der Waals surface area contributed by atoms with Gasteiger partial charge < -0.3 is 0 Å². The van der Waals surface area contributed by atoms with Gasteiger partial charge in [0, 0.05) is 0 Å². The van der Waals surface area contributed by atoms with E-state index in [1.54, 1.807) is 12.1 Å². The van der Waals surface area contributed by atoms with Crippen LogP contribution in [0.1, 0.15) is 76.7 Å². The van der Waals surface area contributed by atoms with Crippen LogP contribution in [0.25, 0.3) is 0 Å². The number of sulfonamides is 1. The van der Waals surface area contributed by atoms with E-state index in [0.717, 1.165) is 12.8 Å². The molecular weight excluding hydrogens is 353 g/mol. The van der Waals surface area contributed by atoms with Gasteiger partial charge in [0.1, 0.15) is 0 Å². The molecule has 24 heavy (non-hydrogen) atoms. The summed E-state index contributed by atoms with van der Waals surface area (Å²) >= 11 is 5.21. The molecule has 0 bridgehead atoms. The van der Waals surface area contributed by atoms with E-state index in [9.17, 15) is 8.42 Å². The summed E-state index contributed by atoms with van der Waals surface area (Å²) in [6.45, 7) is 2.25. The van der Waals surface area contributed by atoms with Crippen molar-refractivity contribution >= 4 is 51.4 Å². The molecule has 0 aromatic heterocycles. The second-order valence-electron chi connectivity index (χ2n) is 6.16. The molecule has 1 aromatic carbocycles. The molecule has 6 heteroatoms. The molecule has 0 unspecified atom stereocenters. The van der Waals surface area contributed by atoms with Gasteiger partial charge in [-0.25, -0.2) is 8.42 Å². The first-order valence-electron chi connectivity index (χ1n) is 8.81. The molecule has 0 fully saturated rings. The van der Waals surface area contributed by atoms with Gasteiger partial charge in [-0.15, -0.1) is 4.24 Å². The number of benzene rings is 1. The molecule has 134 valence electrons. The van der Waals surface area contributed by atoms with E-state index < -0.39 is 10.0 Å². The van der Waals surface area contributed by atoms with Crippen LogP contribution in [0.3, 0.4) is 0 Å². The molecule has 0 saturated heterocycles. The van der Waals surface area contributed by atoms with Crippen molar-refractivity contribution in [2.75, 3.05) is 0 Å². The molecule has 0 aliphatic rings. The van der Waals surface area contributed by atoms with Gasteiger partial charge in [0.25, 0.3) is 10.0 Å². The monoisotopic (exact) mass is 383 g/mol. The Kier molecular flexibility index (Phi) is 14.8. The normalized spacial score (nSPS) is 11.2. The predicted molar refractivity (Wildman–Crippen MR) is 105 cm³/mol. The first-order valence-corrected chi connectivity index (χ1v) is 10.7. The average Bonchev–Trinajstić information content (AvgIpc) is 2.57. The van der Waals surface area contributed by atoms with Crippen LogP contribution in [0, 0.1) is 0 Å². The van der Waals surface area contributed by atoms with E-state index in [1.807, 2.05) is 16.4 Å². The van der Waals surface area contributed by atoms with Crippen LogP contribution in [-0.2, 0) is 16.4 Å². The summed E-state index contributed by atoms with van der Waals surface area (Å²) in [5, 5.41) is 0. The van der Waals surface area contributed by atoms with Gasteiger partial charge >= 0.3 is 29.6 Å². The third kappa shape index (κ3) is 10.4. The average molecular weight is 384 g/mol. The summed E-state index contributed by atoms with van der Waals surface area (Å²) in [4.78, 5) is 0.208. The quantitative estimate of drug-likeness (QED) is 0.298. The molecule has 0 radical (unpaired) electrons. The molecule has 0 aliphatic heterocycles. The number of nitrogens with one attached hydrogen (secondary N) is 1. The number of halogens is 1. The molecular formula is C18H31ClNNaO2S. The zero-order valence-electron chi connectivity index (χ0n) is 14.2. The Bertz CT molecular complexity index is 520. The molecule has 0 spiro atoms. The summed E-state index contributed by atoms with van der Waals surface area (Å²) < 4.78 is 24.8. The van der Waals surface area contributed by atoms with Gasteiger partial charge in [-0.3, -0.25) is 0 Å². The zero-order chi connectivity index (χ0) is 17.0. The minimum absolute atomic E-state index is 0. The Morgan fingerprint density at radius 1 is 0.833 bits per heavy atom. The summed E-state index contributed by atoms with van der Waals surface area (Å²) in [6, 6.07) is 6.95. The van der Waals surface area contributed by atoms with Gasteiger partial charge in [-0.05, 0) is 42.3 Å².